The molecular formula is C27H48O15. The maximum atomic E-state index is 11.5. The van der Waals surface area contributed by atoms with Crippen LogP contribution in [0.25, 0.3) is 0 Å². The fourth-order valence-corrected chi connectivity index (χ4v) is 7.45. The highest BCUT2D eigenvalue weighted by Crippen LogP contribution is 2.58. The zero-order valence-electron chi connectivity index (χ0n) is 24.1. The molecule has 4 rings (SSSR count). The summed E-state index contributed by atoms with van der Waals surface area (Å²) in [5, 5.41) is 116. The number of hydrogen-bond donors (Lipinski definition) is 11. The van der Waals surface area contributed by atoms with Gasteiger partial charge in [0.2, 0.25) is 0 Å². The van der Waals surface area contributed by atoms with Crippen LogP contribution < -0.4 is 0 Å². The van der Waals surface area contributed by atoms with E-state index in [0.717, 1.165) is 0 Å². The Morgan fingerprint density at radius 1 is 0.786 bits per heavy atom. The van der Waals surface area contributed by atoms with E-state index in [9.17, 15) is 56.2 Å². The van der Waals surface area contributed by atoms with Crippen molar-refractivity contribution in [2.45, 2.75) is 131 Å². The molecule has 16 atom stereocenters. The van der Waals surface area contributed by atoms with Gasteiger partial charge >= 0.3 is 0 Å². The standard InChI is InChI=1S/C27H48O15/c1-25(2,37)11-4-7-27(10-29)14(30)5-6-26(3,38)22(27)21(11)42-24-20(36)18(34)16(32)13(41-24)9-39-23-19(35)17(33)15(31)12(8-28)40-23/h11-24,28-38H,4-10H2,1-3H3/t11-,12-,13-,14+,15-,16-,17+,18+,19-,20-,21-,22-,23+,24+,26+,27+/m1/s1. The maximum absolute atomic E-state index is 11.5. The predicted octanol–water partition coefficient (Wildman–Crippen LogP) is -4.32. The summed E-state index contributed by atoms with van der Waals surface area (Å²) in [7, 11) is 0. The van der Waals surface area contributed by atoms with E-state index in [1.807, 2.05) is 0 Å². The SMILES string of the molecule is CC(C)(O)[C@@H]1CC[C@]2(CO)[C@@H](O)CC[C@](C)(O)[C@H]2[C@@H]1O[C@@H]1O[C@H](CO[C@H]2O[C@H](CO)[C@@H](O)[C@H](O)[C@H]2O)[C@@H](O)[C@H](O)[C@H]1O. The van der Waals surface area contributed by atoms with Crippen LogP contribution in [-0.2, 0) is 18.9 Å². The van der Waals surface area contributed by atoms with E-state index in [1.165, 1.54) is 0 Å². The van der Waals surface area contributed by atoms with Crippen molar-refractivity contribution in [3.8, 4) is 0 Å². The summed E-state index contributed by atoms with van der Waals surface area (Å²) < 4.78 is 22.9. The van der Waals surface area contributed by atoms with Gasteiger partial charge in [0.1, 0.15) is 48.8 Å². The Kier molecular flexibility index (Phi) is 10.3. The summed E-state index contributed by atoms with van der Waals surface area (Å²) in [6.07, 6.45) is -17.3. The average Bonchev–Trinajstić information content (AvgIpc) is 2.93. The molecule has 2 aliphatic heterocycles. The van der Waals surface area contributed by atoms with Crippen molar-refractivity contribution >= 4 is 0 Å². The van der Waals surface area contributed by atoms with Gasteiger partial charge in [-0.25, -0.2) is 0 Å². The monoisotopic (exact) mass is 612 g/mol. The van der Waals surface area contributed by atoms with Crippen LogP contribution in [0.1, 0.15) is 46.5 Å². The molecule has 0 aromatic carbocycles. The molecule has 2 aliphatic carbocycles. The first-order valence-corrected chi connectivity index (χ1v) is 14.5. The first-order chi connectivity index (χ1) is 19.5. The number of ether oxygens (including phenoxy) is 4. The minimum absolute atomic E-state index is 0.171. The van der Waals surface area contributed by atoms with E-state index in [-0.39, 0.29) is 25.7 Å². The van der Waals surface area contributed by atoms with Gasteiger partial charge in [-0.2, -0.15) is 0 Å². The first-order valence-electron chi connectivity index (χ1n) is 14.5. The minimum Gasteiger partial charge on any atom is -0.396 e. The average molecular weight is 613 g/mol. The second-order valence-corrected chi connectivity index (χ2v) is 13.2. The number of aliphatic hydroxyl groups excluding tert-OH is 9. The predicted molar refractivity (Wildman–Crippen MR) is 139 cm³/mol. The molecule has 0 amide bonds. The summed E-state index contributed by atoms with van der Waals surface area (Å²) in [5.74, 6) is -1.59. The van der Waals surface area contributed by atoms with E-state index in [2.05, 4.69) is 0 Å². The van der Waals surface area contributed by atoms with Crippen molar-refractivity contribution in [1.82, 2.24) is 0 Å². The van der Waals surface area contributed by atoms with Crippen LogP contribution in [-0.4, -0.2) is 161 Å². The van der Waals surface area contributed by atoms with Gasteiger partial charge in [0, 0.05) is 17.3 Å². The van der Waals surface area contributed by atoms with Crippen LogP contribution in [0, 0.1) is 17.3 Å². The molecule has 4 aliphatic rings. The summed E-state index contributed by atoms with van der Waals surface area (Å²) in [6.45, 7) is 2.95. The summed E-state index contributed by atoms with van der Waals surface area (Å²) in [5.41, 5.74) is -4.01. The van der Waals surface area contributed by atoms with Gasteiger partial charge in [0.25, 0.3) is 0 Å². The van der Waals surface area contributed by atoms with E-state index < -0.39 is 122 Å². The second kappa shape index (κ2) is 12.7. The van der Waals surface area contributed by atoms with E-state index in [1.54, 1.807) is 20.8 Å². The normalized spacial score (nSPS) is 52.1. The lowest BCUT2D eigenvalue weighted by Crippen LogP contribution is -2.69. The van der Waals surface area contributed by atoms with E-state index >= 15 is 0 Å². The largest absolute Gasteiger partial charge is 0.396 e. The number of hydrogen-bond acceptors (Lipinski definition) is 15. The van der Waals surface area contributed by atoms with Gasteiger partial charge < -0.3 is 75.1 Å². The number of fused-ring (bicyclic) bond motifs is 1. The molecule has 11 N–H and O–H groups in total. The maximum Gasteiger partial charge on any atom is 0.186 e. The van der Waals surface area contributed by atoms with Crippen molar-refractivity contribution in [2.75, 3.05) is 19.8 Å². The van der Waals surface area contributed by atoms with Crippen molar-refractivity contribution in [2.24, 2.45) is 17.3 Å². The van der Waals surface area contributed by atoms with Crippen LogP contribution in [0.15, 0.2) is 0 Å². The molecule has 42 heavy (non-hydrogen) atoms. The van der Waals surface area contributed by atoms with Gasteiger partial charge in [-0.15, -0.1) is 0 Å². The molecule has 0 bridgehead atoms. The Morgan fingerprint density at radius 3 is 1.93 bits per heavy atom. The minimum atomic E-state index is -1.81. The molecule has 0 aromatic rings. The highest BCUT2D eigenvalue weighted by Gasteiger charge is 2.64. The van der Waals surface area contributed by atoms with Crippen LogP contribution in [0.2, 0.25) is 0 Å². The highest BCUT2D eigenvalue weighted by atomic mass is 16.7. The van der Waals surface area contributed by atoms with Crippen molar-refractivity contribution in [3.05, 3.63) is 0 Å². The number of rotatable bonds is 8. The summed E-state index contributed by atoms with van der Waals surface area (Å²) in [6, 6.07) is 0. The van der Waals surface area contributed by atoms with Crippen molar-refractivity contribution < 1.29 is 75.1 Å². The highest BCUT2D eigenvalue weighted by molar-refractivity contribution is 5.12. The van der Waals surface area contributed by atoms with Gasteiger partial charge in [0.15, 0.2) is 12.6 Å². The Balaban J connectivity index is 1.57. The van der Waals surface area contributed by atoms with Crippen LogP contribution in [0.4, 0.5) is 0 Å². The van der Waals surface area contributed by atoms with E-state index in [0.29, 0.717) is 0 Å². The third-order valence-corrected chi connectivity index (χ3v) is 9.96. The lowest BCUT2D eigenvalue weighted by molar-refractivity contribution is -0.355. The molecule has 2 saturated carbocycles. The Hall–Kier alpha value is -0.600. The first kappa shape index (κ1) is 34.3. The van der Waals surface area contributed by atoms with Crippen LogP contribution in [0.5, 0.6) is 0 Å². The smallest absolute Gasteiger partial charge is 0.186 e. The zero-order chi connectivity index (χ0) is 31.4. The Morgan fingerprint density at radius 2 is 1.36 bits per heavy atom. The van der Waals surface area contributed by atoms with E-state index in [4.69, 9.17) is 18.9 Å². The lowest BCUT2D eigenvalue weighted by atomic mass is 9.49. The molecule has 0 aromatic heterocycles. The second-order valence-electron chi connectivity index (χ2n) is 13.2. The van der Waals surface area contributed by atoms with Crippen LogP contribution >= 0.6 is 0 Å². The van der Waals surface area contributed by atoms with Crippen LogP contribution in [0.3, 0.4) is 0 Å². The fraction of sp³-hybridized carbons (Fsp3) is 1.00. The summed E-state index contributed by atoms with van der Waals surface area (Å²) >= 11 is 0. The van der Waals surface area contributed by atoms with Crippen molar-refractivity contribution in [3.63, 3.8) is 0 Å². The Labute approximate surface area is 243 Å². The molecule has 246 valence electrons. The molecule has 0 spiro atoms. The fourth-order valence-electron chi connectivity index (χ4n) is 7.45. The zero-order valence-corrected chi connectivity index (χ0v) is 24.1. The lowest BCUT2D eigenvalue weighted by Gasteiger charge is -2.61. The van der Waals surface area contributed by atoms with Gasteiger partial charge in [-0.05, 0) is 46.5 Å². The number of aliphatic hydroxyl groups is 11. The molecule has 15 heteroatoms. The van der Waals surface area contributed by atoms with Crippen molar-refractivity contribution in [1.29, 1.82) is 0 Å². The van der Waals surface area contributed by atoms with Gasteiger partial charge in [-0.3, -0.25) is 0 Å². The molecule has 2 heterocycles. The quantitative estimate of drug-likeness (QED) is 0.124. The summed E-state index contributed by atoms with van der Waals surface area (Å²) in [4.78, 5) is 0. The third-order valence-electron chi connectivity index (χ3n) is 9.96. The molecule has 4 fully saturated rings. The third kappa shape index (κ3) is 6.12. The Bertz CT molecular complexity index is 897. The van der Waals surface area contributed by atoms with Gasteiger partial charge in [-0.1, -0.05) is 0 Å². The molecule has 2 saturated heterocycles. The molecular weight excluding hydrogens is 564 g/mol. The topological polar surface area (TPSA) is 259 Å². The molecule has 0 radical (unpaired) electrons. The molecule has 15 nitrogen and oxygen atoms in total. The van der Waals surface area contributed by atoms with Gasteiger partial charge in [0.05, 0.1) is 43.2 Å². The molecule has 0 unspecified atom stereocenters.